The van der Waals surface area contributed by atoms with Crippen LogP contribution in [0.4, 0.5) is 0 Å². The molecule has 3 amide bonds. The number of nitrogens with one attached hydrogen (secondary N) is 1. The van der Waals surface area contributed by atoms with E-state index in [1.54, 1.807) is 18.2 Å². The van der Waals surface area contributed by atoms with Gasteiger partial charge in [0.15, 0.2) is 0 Å². The van der Waals surface area contributed by atoms with Crippen LogP contribution in [-0.2, 0) is 27.3 Å². The number of amides is 3. The molecule has 7 rings (SSSR count). The average molecular weight is 675 g/mol. The van der Waals surface area contributed by atoms with Gasteiger partial charge in [-0.15, -0.1) is 0 Å². The SMILES string of the molecule is O=C1CCC(N2Cc3cc(OCCCOCCCOc4ccc([C@@H]5c6ccc(O)cc6CC[C@@H]5c5ccccc5)cc4)ccc3C2=O)C(=O)N1. The Kier molecular flexibility index (Phi) is 10.1. The minimum atomic E-state index is -0.629. The van der Waals surface area contributed by atoms with Crippen molar-refractivity contribution < 1.29 is 33.7 Å². The van der Waals surface area contributed by atoms with Gasteiger partial charge in [-0.05, 0) is 95.5 Å². The Balaban J connectivity index is 0.826. The largest absolute Gasteiger partial charge is 0.508 e. The number of nitrogens with zero attached hydrogens (tertiary/aromatic N) is 1. The second-order valence-electron chi connectivity index (χ2n) is 13.2. The summed E-state index contributed by atoms with van der Waals surface area (Å²) in [6.07, 6.45) is 4.03. The van der Waals surface area contributed by atoms with Crippen LogP contribution in [0.3, 0.4) is 0 Å². The zero-order chi connectivity index (χ0) is 34.5. The van der Waals surface area contributed by atoms with Gasteiger partial charge in [-0.1, -0.05) is 48.5 Å². The van der Waals surface area contributed by atoms with Gasteiger partial charge in [0.25, 0.3) is 5.91 Å². The van der Waals surface area contributed by atoms with Crippen LogP contribution in [0, 0.1) is 0 Å². The summed E-state index contributed by atoms with van der Waals surface area (Å²) >= 11 is 0. The van der Waals surface area contributed by atoms with Gasteiger partial charge in [-0.3, -0.25) is 19.7 Å². The van der Waals surface area contributed by atoms with E-state index in [0.29, 0.717) is 68.8 Å². The van der Waals surface area contributed by atoms with Crippen LogP contribution in [0.1, 0.15) is 82.1 Å². The maximum Gasteiger partial charge on any atom is 0.255 e. The molecule has 50 heavy (non-hydrogen) atoms. The molecule has 0 saturated carbocycles. The van der Waals surface area contributed by atoms with E-state index < -0.39 is 11.9 Å². The van der Waals surface area contributed by atoms with Crippen molar-refractivity contribution in [3.63, 3.8) is 0 Å². The number of carbonyl (C=O) groups is 3. The van der Waals surface area contributed by atoms with Crippen LogP contribution in [-0.4, -0.2) is 60.2 Å². The van der Waals surface area contributed by atoms with Crippen LogP contribution in [0.15, 0.2) is 91.0 Å². The fourth-order valence-corrected chi connectivity index (χ4v) is 7.49. The molecule has 1 saturated heterocycles. The molecule has 4 aromatic rings. The van der Waals surface area contributed by atoms with E-state index in [9.17, 15) is 19.5 Å². The summed E-state index contributed by atoms with van der Waals surface area (Å²) in [4.78, 5) is 38.2. The number of fused-ring (bicyclic) bond motifs is 2. The standard InChI is InChI=1S/C41H42N2O7/c44-31-11-16-35-29(24-31)10-15-34(27-6-2-1-3-7-27)39(35)28-8-12-32(13-9-28)49-22-4-20-48-21-5-23-50-33-14-17-36-30(25-33)26-43(41(36)47)37-18-19-38(45)42-40(37)46/h1-3,6-9,11-14,16-17,24-25,34,37,39,44H,4-5,10,15,18-23,26H2,(H,42,45,46)/t34-,37?,39+/m1/s1. The molecule has 9 heteroatoms. The van der Waals surface area contributed by atoms with Gasteiger partial charge in [0.1, 0.15) is 23.3 Å². The second-order valence-corrected chi connectivity index (χ2v) is 13.2. The quantitative estimate of drug-likeness (QED) is 0.127. The summed E-state index contributed by atoms with van der Waals surface area (Å²) in [6.45, 7) is 2.50. The molecule has 258 valence electrons. The highest BCUT2D eigenvalue weighted by Crippen LogP contribution is 2.47. The van der Waals surface area contributed by atoms with E-state index in [4.69, 9.17) is 14.2 Å². The molecule has 0 aromatic heterocycles. The molecule has 2 heterocycles. The predicted octanol–water partition coefficient (Wildman–Crippen LogP) is 6.27. The van der Waals surface area contributed by atoms with E-state index in [-0.39, 0.29) is 24.2 Å². The fourth-order valence-electron chi connectivity index (χ4n) is 7.49. The molecule has 0 spiro atoms. The van der Waals surface area contributed by atoms with Crippen LogP contribution >= 0.6 is 0 Å². The topological polar surface area (TPSA) is 114 Å². The first-order valence-electron chi connectivity index (χ1n) is 17.5. The number of carbonyl (C=O) groups excluding carboxylic acids is 3. The Bertz CT molecular complexity index is 1840. The lowest BCUT2D eigenvalue weighted by molar-refractivity contribution is -0.136. The molecule has 1 fully saturated rings. The van der Waals surface area contributed by atoms with Crippen LogP contribution in [0.2, 0.25) is 0 Å². The lowest BCUT2D eigenvalue weighted by atomic mass is 9.69. The van der Waals surface area contributed by atoms with E-state index in [0.717, 1.165) is 30.6 Å². The maximum absolute atomic E-state index is 12.9. The molecule has 2 N–H and O–H groups in total. The summed E-state index contributed by atoms with van der Waals surface area (Å²) in [5.74, 6) is 1.48. The van der Waals surface area contributed by atoms with Crippen molar-refractivity contribution in [2.45, 2.75) is 62.9 Å². The highest BCUT2D eigenvalue weighted by atomic mass is 16.5. The molecular formula is C41H42N2O7. The van der Waals surface area contributed by atoms with Crippen molar-refractivity contribution in [3.8, 4) is 17.2 Å². The molecule has 0 bridgehead atoms. The molecule has 0 radical (unpaired) electrons. The number of phenolic OH excluding ortho intramolecular Hbond substituents is 1. The lowest BCUT2D eigenvalue weighted by Crippen LogP contribution is -2.52. The number of aryl methyl sites for hydroxylation is 1. The van der Waals surface area contributed by atoms with Crippen molar-refractivity contribution >= 4 is 17.7 Å². The smallest absolute Gasteiger partial charge is 0.255 e. The third-order valence-electron chi connectivity index (χ3n) is 9.95. The number of aromatic hydroxyl groups is 1. The Morgan fingerprint density at radius 2 is 1.46 bits per heavy atom. The van der Waals surface area contributed by atoms with Gasteiger partial charge in [0, 0.05) is 50.5 Å². The van der Waals surface area contributed by atoms with Gasteiger partial charge in [0.05, 0.1) is 13.2 Å². The van der Waals surface area contributed by atoms with E-state index in [1.165, 1.54) is 27.2 Å². The van der Waals surface area contributed by atoms with Gasteiger partial charge < -0.3 is 24.2 Å². The summed E-state index contributed by atoms with van der Waals surface area (Å²) in [5.41, 5.74) is 6.46. The Hall–Kier alpha value is -5.15. The summed E-state index contributed by atoms with van der Waals surface area (Å²) in [7, 11) is 0. The van der Waals surface area contributed by atoms with E-state index >= 15 is 0 Å². The predicted molar refractivity (Wildman–Crippen MR) is 187 cm³/mol. The third-order valence-corrected chi connectivity index (χ3v) is 9.95. The van der Waals surface area contributed by atoms with Crippen LogP contribution in [0.5, 0.6) is 17.2 Å². The molecule has 1 aliphatic carbocycles. The van der Waals surface area contributed by atoms with Crippen molar-refractivity contribution in [2.24, 2.45) is 0 Å². The number of imide groups is 1. The second kappa shape index (κ2) is 15.2. The molecule has 3 aliphatic rings. The zero-order valence-corrected chi connectivity index (χ0v) is 28.0. The highest BCUT2D eigenvalue weighted by Gasteiger charge is 2.39. The van der Waals surface area contributed by atoms with Gasteiger partial charge >= 0.3 is 0 Å². The third kappa shape index (κ3) is 7.38. The number of hydrogen-bond acceptors (Lipinski definition) is 7. The number of piperidine rings is 1. The van der Waals surface area contributed by atoms with E-state index in [1.807, 2.05) is 24.3 Å². The zero-order valence-electron chi connectivity index (χ0n) is 28.0. The van der Waals surface area contributed by atoms with Gasteiger partial charge in [-0.25, -0.2) is 0 Å². The van der Waals surface area contributed by atoms with Gasteiger partial charge in [-0.2, -0.15) is 0 Å². The monoisotopic (exact) mass is 674 g/mol. The summed E-state index contributed by atoms with van der Waals surface area (Å²) in [6, 6.07) is 29.7. The molecule has 4 aromatic carbocycles. The highest BCUT2D eigenvalue weighted by molar-refractivity contribution is 6.05. The first-order chi connectivity index (χ1) is 24.4. The molecule has 9 nitrogen and oxygen atoms in total. The molecule has 2 aliphatic heterocycles. The number of hydrogen-bond donors (Lipinski definition) is 2. The lowest BCUT2D eigenvalue weighted by Gasteiger charge is -2.34. The number of phenols is 1. The van der Waals surface area contributed by atoms with Crippen molar-refractivity contribution in [2.75, 3.05) is 26.4 Å². The minimum Gasteiger partial charge on any atom is -0.508 e. The van der Waals surface area contributed by atoms with Crippen LogP contribution < -0.4 is 14.8 Å². The van der Waals surface area contributed by atoms with Crippen molar-refractivity contribution in [3.05, 3.63) is 124 Å². The normalized spacial score (nSPS) is 19.9. The van der Waals surface area contributed by atoms with E-state index in [2.05, 4.69) is 53.8 Å². The maximum atomic E-state index is 12.9. The summed E-state index contributed by atoms with van der Waals surface area (Å²) in [5, 5.41) is 12.4. The minimum absolute atomic E-state index is 0.194. The number of rotatable bonds is 13. The number of benzene rings is 4. The van der Waals surface area contributed by atoms with Crippen molar-refractivity contribution in [1.82, 2.24) is 10.2 Å². The van der Waals surface area contributed by atoms with Gasteiger partial charge in [0.2, 0.25) is 11.8 Å². The first kappa shape index (κ1) is 33.4. The Morgan fingerprint density at radius 1 is 0.720 bits per heavy atom. The molecular weight excluding hydrogens is 632 g/mol. The average Bonchev–Trinajstić information content (AvgIpc) is 3.45. The Labute approximate surface area is 292 Å². The Morgan fingerprint density at radius 3 is 2.22 bits per heavy atom. The fraction of sp³-hybridized carbons (Fsp3) is 0.341. The number of ether oxygens (including phenoxy) is 3. The summed E-state index contributed by atoms with van der Waals surface area (Å²) < 4.78 is 17.7. The van der Waals surface area contributed by atoms with Crippen LogP contribution in [0.25, 0.3) is 0 Å². The van der Waals surface area contributed by atoms with Crippen molar-refractivity contribution in [1.29, 1.82) is 0 Å². The first-order valence-corrected chi connectivity index (χ1v) is 17.5. The molecule has 3 atom stereocenters. The molecule has 1 unspecified atom stereocenters.